The maximum absolute atomic E-state index is 13.7. The van der Waals surface area contributed by atoms with E-state index in [2.05, 4.69) is 31.0 Å². The van der Waals surface area contributed by atoms with Crippen molar-refractivity contribution in [2.24, 2.45) is 5.73 Å². The number of halogens is 5. The fraction of sp³-hybridized carbons (Fsp3) is 0.414. The smallest absolute Gasteiger partial charge is 0.352 e. The Hall–Kier alpha value is -4.80. The number of carbonyl (C=O) groups excluding carboxylic acids is 2. The van der Waals surface area contributed by atoms with E-state index in [0.29, 0.717) is 55.0 Å². The molecule has 4 aromatic rings. The van der Waals surface area contributed by atoms with Gasteiger partial charge in [-0.1, -0.05) is 6.92 Å². The molecule has 0 aliphatic carbocycles. The van der Waals surface area contributed by atoms with Crippen molar-refractivity contribution >= 4 is 29.1 Å². The molecular formula is C29H33F5N10O2. The van der Waals surface area contributed by atoms with E-state index in [0.717, 1.165) is 18.2 Å². The second-order valence-electron chi connectivity index (χ2n) is 10.8. The number of imidazole rings is 1. The molecule has 1 aromatic carbocycles. The van der Waals surface area contributed by atoms with Gasteiger partial charge in [-0.3, -0.25) is 13.9 Å². The Bertz CT molecular complexity index is 1700. The van der Waals surface area contributed by atoms with E-state index in [1.165, 1.54) is 23.0 Å². The molecule has 5 rings (SSSR count). The number of nitrogens with two attached hydrogens (primary N) is 1. The number of aromatic nitrogens is 5. The zero-order valence-electron chi connectivity index (χ0n) is 24.8. The largest absolute Gasteiger partial charge is 0.435 e. The van der Waals surface area contributed by atoms with E-state index in [1.807, 2.05) is 6.92 Å². The van der Waals surface area contributed by atoms with Gasteiger partial charge in [0.05, 0.1) is 17.5 Å². The highest BCUT2D eigenvalue weighted by Gasteiger charge is 2.38. The number of nitrogens with zero attached hydrogens (tertiary/aromatic N) is 6. The van der Waals surface area contributed by atoms with Crippen molar-refractivity contribution in [3.63, 3.8) is 0 Å². The van der Waals surface area contributed by atoms with Gasteiger partial charge in [0, 0.05) is 62.1 Å². The molecule has 17 heteroatoms. The molecule has 4 heterocycles. The highest BCUT2D eigenvalue weighted by molar-refractivity contribution is 5.96. The molecule has 46 heavy (non-hydrogen) atoms. The predicted octanol–water partition coefficient (Wildman–Crippen LogP) is 4.05. The summed E-state index contributed by atoms with van der Waals surface area (Å²) in [6, 6.07) is 4.92. The van der Waals surface area contributed by atoms with E-state index in [4.69, 9.17) is 5.73 Å². The molecule has 1 aliphatic heterocycles. The zero-order valence-corrected chi connectivity index (χ0v) is 24.8. The Morgan fingerprint density at radius 2 is 1.93 bits per heavy atom. The van der Waals surface area contributed by atoms with Crippen molar-refractivity contribution in [1.82, 2.24) is 39.7 Å². The van der Waals surface area contributed by atoms with Crippen LogP contribution in [-0.2, 0) is 19.1 Å². The monoisotopic (exact) mass is 648 g/mol. The number of amides is 3. The number of hydrogen-bond donors (Lipinski definition) is 4. The van der Waals surface area contributed by atoms with Crippen LogP contribution in [0.3, 0.4) is 0 Å². The Morgan fingerprint density at radius 3 is 2.63 bits per heavy atom. The van der Waals surface area contributed by atoms with E-state index < -0.39 is 30.4 Å². The summed E-state index contributed by atoms with van der Waals surface area (Å²) in [6.07, 6.45) is -1.04. The molecule has 0 bridgehead atoms. The first-order valence-corrected chi connectivity index (χ1v) is 14.7. The topological polar surface area (TPSA) is 148 Å². The second-order valence-corrected chi connectivity index (χ2v) is 10.8. The third kappa shape index (κ3) is 7.35. The Balaban J connectivity index is 1.26. The molecule has 1 aliphatic rings. The summed E-state index contributed by atoms with van der Waals surface area (Å²) in [5, 5.41) is 12.2. The first-order valence-electron chi connectivity index (χ1n) is 14.7. The Labute approximate surface area is 260 Å². The van der Waals surface area contributed by atoms with E-state index in [9.17, 15) is 31.5 Å². The van der Waals surface area contributed by atoms with Crippen molar-refractivity contribution < 1.29 is 31.5 Å². The van der Waals surface area contributed by atoms with Crippen LogP contribution in [0.2, 0.25) is 0 Å². The lowest BCUT2D eigenvalue weighted by Gasteiger charge is -2.16. The summed E-state index contributed by atoms with van der Waals surface area (Å²) in [7, 11) is 0. The zero-order chi connectivity index (χ0) is 33.0. The van der Waals surface area contributed by atoms with Crippen LogP contribution in [0.15, 0.2) is 43.0 Å². The highest BCUT2D eigenvalue weighted by atomic mass is 19.4. The molecule has 0 radical (unpaired) electrons. The lowest BCUT2D eigenvalue weighted by atomic mass is 10.0. The lowest BCUT2D eigenvalue weighted by Crippen LogP contribution is -2.40. The molecule has 1 atom stereocenters. The number of anilines is 2. The van der Waals surface area contributed by atoms with Gasteiger partial charge in [-0.25, -0.2) is 23.5 Å². The van der Waals surface area contributed by atoms with Crippen molar-refractivity contribution in [1.29, 1.82) is 0 Å². The van der Waals surface area contributed by atoms with Crippen molar-refractivity contribution in [2.75, 3.05) is 31.5 Å². The minimum atomic E-state index is -4.88. The van der Waals surface area contributed by atoms with Crippen LogP contribution in [0.1, 0.15) is 41.4 Å². The summed E-state index contributed by atoms with van der Waals surface area (Å²) in [5.41, 5.74) is 6.08. The molecule has 5 N–H and O–H groups in total. The molecule has 3 amide bonds. The van der Waals surface area contributed by atoms with Crippen LogP contribution in [0.25, 0.3) is 16.9 Å². The molecule has 1 fully saturated rings. The van der Waals surface area contributed by atoms with Crippen LogP contribution in [0, 0.1) is 0 Å². The van der Waals surface area contributed by atoms with Crippen LogP contribution in [0.4, 0.5) is 38.3 Å². The van der Waals surface area contributed by atoms with Gasteiger partial charge in [-0.2, -0.15) is 18.3 Å². The second kappa shape index (κ2) is 13.7. The number of nitrogens with one attached hydrogen (secondary N) is 3. The molecular weight excluding hydrogens is 615 g/mol. The van der Waals surface area contributed by atoms with Gasteiger partial charge in [-0.05, 0) is 43.0 Å². The van der Waals surface area contributed by atoms with Crippen LogP contribution >= 0.6 is 0 Å². The Morgan fingerprint density at radius 1 is 1.15 bits per heavy atom. The third-order valence-electron chi connectivity index (χ3n) is 7.48. The minimum Gasteiger partial charge on any atom is -0.352 e. The molecule has 246 valence electrons. The summed E-state index contributed by atoms with van der Waals surface area (Å²) >= 11 is 0. The van der Waals surface area contributed by atoms with Gasteiger partial charge < -0.3 is 26.6 Å². The first-order chi connectivity index (χ1) is 21.9. The van der Waals surface area contributed by atoms with Gasteiger partial charge >= 0.3 is 12.2 Å². The lowest BCUT2D eigenvalue weighted by molar-refractivity contribution is -0.141. The fourth-order valence-corrected chi connectivity index (χ4v) is 5.25. The number of alkyl halides is 5. The maximum atomic E-state index is 13.7. The average Bonchev–Trinajstić information content (AvgIpc) is 3.75. The Kier molecular flexibility index (Phi) is 9.69. The first kappa shape index (κ1) is 32.6. The maximum Gasteiger partial charge on any atom is 0.435 e. The number of carbonyl (C=O) groups is 2. The summed E-state index contributed by atoms with van der Waals surface area (Å²) in [6.45, 7) is 2.81. The summed E-state index contributed by atoms with van der Waals surface area (Å²) in [5.74, 6) is -0.0503. The molecule has 3 aromatic heterocycles. The molecule has 0 saturated carbocycles. The standard InChI is InChI=1S/C29H33F5N10O2/c1-2-17-12-19(4-5-20(17)27(45)37-7-3-8-38-28(46)42-10-6-18(35)14-42)40-25-26-39-13-22(44(26)11-9-36-25)21-15-43(16-23(30)31)41-24(21)29(32,33)34/h4-5,9,11-13,15,18,23H,2-3,6-8,10,14,16,35H2,1H3,(H,36,40)(H,37,45)(H,38,46)/t18-/m1/s1. The number of aryl methyl sites for hydroxylation is 1. The van der Waals surface area contributed by atoms with Crippen LogP contribution < -0.4 is 21.7 Å². The summed E-state index contributed by atoms with van der Waals surface area (Å²) in [4.78, 5) is 35.3. The van der Waals surface area contributed by atoms with Gasteiger partial charge in [0.2, 0.25) is 0 Å². The van der Waals surface area contributed by atoms with Gasteiger partial charge in [0.25, 0.3) is 12.3 Å². The van der Waals surface area contributed by atoms with Crippen molar-refractivity contribution in [3.05, 3.63) is 59.8 Å². The van der Waals surface area contributed by atoms with E-state index in [1.54, 1.807) is 23.1 Å². The average molecular weight is 649 g/mol. The fourth-order valence-electron chi connectivity index (χ4n) is 5.25. The molecule has 1 saturated heterocycles. The van der Waals surface area contributed by atoms with E-state index >= 15 is 0 Å². The number of urea groups is 1. The quantitative estimate of drug-likeness (QED) is 0.142. The molecule has 0 spiro atoms. The van der Waals surface area contributed by atoms with Crippen molar-refractivity contribution in [3.8, 4) is 11.3 Å². The normalized spacial score (nSPS) is 15.1. The van der Waals surface area contributed by atoms with Gasteiger partial charge in [-0.15, -0.1) is 0 Å². The summed E-state index contributed by atoms with van der Waals surface area (Å²) < 4.78 is 68.9. The van der Waals surface area contributed by atoms with Gasteiger partial charge in [0.1, 0.15) is 6.54 Å². The van der Waals surface area contributed by atoms with Crippen LogP contribution in [-0.4, -0.2) is 79.6 Å². The molecule has 12 nitrogen and oxygen atoms in total. The van der Waals surface area contributed by atoms with Crippen molar-refractivity contribution in [2.45, 2.75) is 51.4 Å². The predicted molar refractivity (Wildman–Crippen MR) is 159 cm³/mol. The number of benzene rings is 1. The third-order valence-corrected chi connectivity index (χ3v) is 7.48. The number of rotatable bonds is 11. The number of fused-ring (bicyclic) bond motifs is 1. The van der Waals surface area contributed by atoms with E-state index in [-0.39, 0.29) is 35.1 Å². The number of likely N-dealkylation sites (tertiary alicyclic amines) is 1. The molecule has 0 unspecified atom stereocenters. The highest BCUT2D eigenvalue weighted by Crippen LogP contribution is 2.37. The SMILES string of the molecule is CCc1cc(Nc2nccn3c(-c4cn(CC(F)F)nc4C(F)(F)F)cnc23)ccc1C(=O)NCCCNC(=O)N1CC[C@@H](N)C1. The van der Waals surface area contributed by atoms with Crippen LogP contribution in [0.5, 0.6) is 0 Å². The number of hydrogen-bond acceptors (Lipinski definition) is 7. The van der Waals surface area contributed by atoms with Gasteiger partial charge in [0.15, 0.2) is 17.2 Å². The minimum absolute atomic E-state index is 0.00320.